The van der Waals surface area contributed by atoms with Crippen LogP contribution in [0.2, 0.25) is 0 Å². The molecule has 0 spiro atoms. The van der Waals surface area contributed by atoms with E-state index in [1.54, 1.807) is 0 Å². The second-order valence-corrected chi connectivity index (χ2v) is 8.30. The third-order valence-corrected chi connectivity index (χ3v) is 5.92. The summed E-state index contributed by atoms with van der Waals surface area (Å²) in [6.45, 7) is 0. The van der Waals surface area contributed by atoms with Crippen molar-refractivity contribution >= 4 is 46.1 Å². The maximum atomic E-state index is 3.64. The molecular weight excluding hydrogens is 422 g/mol. The summed E-state index contributed by atoms with van der Waals surface area (Å²) in [7, 11) is 0. The molecule has 0 saturated carbocycles. The van der Waals surface area contributed by atoms with Crippen LogP contribution < -0.4 is 0 Å². The Morgan fingerprint density at radius 3 is 1.54 bits per heavy atom. The monoisotopic (exact) mass is 449 g/mol. The zero-order chi connectivity index (χ0) is 23.7. The van der Waals surface area contributed by atoms with Gasteiger partial charge in [-0.05, 0) is 22.8 Å². The zero-order valence-electron chi connectivity index (χ0n) is 19.5. The molecule has 35 heavy (non-hydrogen) atoms. The topological polar surface area (TPSA) is 15.8 Å². The summed E-state index contributed by atoms with van der Waals surface area (Å²) in [6.07, 6.45) is 8.77. The lowest BCUT2D eigenvalue weighted by Gasteiger charge is -2.05. The van der Waals surface area contributed by atoms with Gasteiger partial charge in [-0.1, -0.05) is 152 Å². The van der Waals surface area contributed by atoms with Crippen molar-refractivity contribution in [2.75, 3.05) is 0 Å². The first-order chi connectivity index (χ1) is 17.4. The van der Waals surface area contributed by atoms with E-state index in [2.05, 4.69) is 114 Å². The van der Waals surface area contributed by atoms with Gasteiger partial charge in [-0.15, -0.1) is 0 Å². The summed E-state index contributed by atoms with van der Waals surface area (Å²) in [5.74, 6) is 0. The van der Waals surface area contributed by atoms with Gasteiger partial charge < -0.3 is 4.98 Å². The van der Waals surface area contributed by atoms with Gasteiger partial charge in [-0.25, -0.2) is 0 Å². The molecule has 1 aromatic heterocycles. The van der Waals surface area contributed by atoms with E-state index in [1.807, 2.05) is 48.5 Å². The molecule has 0 atom stereocenters. The van der Waals surface area contributed by atoms with Crippen molar-refractivity contribution in [1.82, 2.24) is 4.98 Å². The molecule has 1 heteroatoms. The number of fused-ring (bicyclic) bond motifs is 3. The van der Waals surface area contributed by atoms with E-state index >= 15 is 0 Å². The lowest BCUT2D eigenvalue weighted by Crippen LogP contribution is -1.84. The fourth-order valence-electron chi connectivity index (χ4n) is 4.16. The van der Waals surface area contributed by atoms with Gasteiger partial charge in [-0.3, -0.25) is 0 Å². The van der Waals surface area contributed by atoms with Crippen molar-refractivity contribution in [1.29, 1.82) is 0 Å². The molecule has 6 aromatic rings. The first-order valence-electron chi connectivity index (χ1n) is 11.9. The molecule has 0 bridgehead atoms. The Labute approximate surface area is 206 Å². The molecule has 1 heterocycles. The second-order valence-electron chi connectivity index (χ2n) is 8.30. The predicted molar refractivity (Wildman–Crippen MR) is 153 cm³/mol. The SMILES string of the molecule is C(=Cc1ccc2c([nH]c3ccccc32)c1C=Cc1ccccc1)c1ccccc1.c1ccccc1. The summed E-state index contributed by atoms with van der Waals surface area (Å²) in [4.78, 5) is 3.64. The highest BCUT2D eigenvalue weighted by molar-refractivity contribution is 6.11. The van der Waals surface area contributed by atoms with E-state index in [1.165, 1.54) is 44.1 Å². The number of para-hydroxylation sites is 1. The van der Waals surface area contributed by atoms with Gasteiger partial charge in [0.05, 0.1) is 5.52 Å². The summed E-state index contributed by atoms with van der Waals surface area (Å²) < 4.78 is 0. The molecule has 0 aliphatic rings. The Hall–Kier alpha value is -4.62. The Morgan fingerprint density at radius 1 is 0.400 bits per heavy atom. The summed E-state index contributed by atoms with van der Waals surface area (Å²) in [5.41, 5.74) is 7.13. The van der Waals surface area contributed by atoms with Gasteiger partial charge in [0.25, 0.3) is 0 Å². The van der Waals surface area contributed by atoms with Crippen molar-refractivity contribution in [3.8, 4) is 0 Å². The Balaban J connectivity index is 0.000000371. The van der Waals surface area contributed by atoms with Gasteiger partial charge in [0, 0.05) is 21.9 Å². The van der Waals surface area contributed by atoms with Crippen LogP contribution >= 0.6 is 0 Å². The van der Waals surface area contributed by atoms with Crippen LogP contribution in [0.5, 0.6) is 0 Å². The lowest BCUT2D eigenvalue weighted by molar-refractivity contribution is 1.52. The van der Waals surface area contributed by atoms with Gasteiger partial charge >= 0.3 is 0 Å². The number of hydrogen-bond acceptors (Lipinski definition) is 0. The van der Waals surface area contributed by atoms with Gasteiger partial charge in [0.2, 0.25) is 0 Å². The summed E-state index contributed by atoms with van der Waals surface area (Å²) >= 11 is 0. The second kappa shape index (κ2) is 11.0. The van der Waals surface area contributed by atoms with Crippen LogP contribution in [0.1, 0.15) is 22.3 Å². The molecule has 168 valence electrons. The highest BCUT2D eigenvalue weighted by Gasteiger charge is 2.09. The largest absolute Gasteiger partial charge is 0.354 e. The van der Waals surface area contributed by atoms with E-state index in [0.717, 1.165) is 0 Å². The third kappa shape index (κ3) is 5.48. The van der Waals surface area contributed by atoms with Crippen molar-refractivity contribution in [2.45, 2.75) is 0 Å². The van der Waals surface area contributed by atoms with Crippen molar-refractivity contribution in [3.05, 3.63) is 156 Å². The van der Waals surface area contributed by atoms with E-state index in [4.69, 9.17) is 0 Å². The van der Waals surface area contributed by atoms with Crippen LogP contribution in [-0.2, 0) is 0 Å². The molecule has 1 N–H and O–H groups in total. The number of aromatic amines is 1. The van der Waals surface area contributed by atoms with E-state index in [0.29, 0.717) is 0 Å². The predicted octanol–water partition coefficient (Wildman–Crippen LogP) is 9.35. The molecule has 0 amide bonds. The summed E-state index contributed by atoms with van der Waals surface area (Å²) in [6, 6.07) is 45.8. The Kier molecular flexibility index (Phi) is 6.97. The normalized spacial score (nSPS) is 11.2. The molecular formula is C34H27N. The highest BCUT2D eigenvalue weighted by atomic mass is 14.7. The van der Waals surface area contributed by atoms with Gasteiger partial charge in [-0.2, -0.15) is 0 Å². The van der Waals surface area contributed by atoms with E-state index in [-0.39, 0.29) is 0 Å². The van der Waals surface area contributed by atoms with Gasteiger partial charge in [0.1, 0.15) is 0 Å². The molecule has 0 fully saturated rings. The van der Waals surface area contributed by atoms with E-state index < -0.39 is 0 Å². The number of benzene rings is 5. The zero-order valence-corrected chi connectivity index (χ0v) is 19.5. The first-order valence-corrected chi connectivity index (χ1v) is 11.9. The average molecular weight is 450 g/mol. The minimum atomic E-state index is 1.17. The molecule has 1 nitrogen and oxygen atoms in total. The number of rotatable bonds is 4. The fraction of sp³-hybridized carbons (Fsp3) is 0. The highest BCUT2D eigenvalue weighted by Crippen LogP contribution is 2.31. The van der Waals surface area contributed by atoms with Crippen LogP contribution in [0.15, 0.2) is 133 Å². The smallest absolute Gasteiger partial charge is 0.0544 e. The van der Waals surface area contributed by atoms with Crippen molar-refractivity contribution in [2.24, 2.45) is 0 Å². The first kappa shape index (κ1) is 22.2. The third-order valence-electron chi connectivity index (χ3n) is 5.92. The Morgan fingerprint density at radius 2 is 0.914 bits per heavy atom. The molecule has 6 rings (SSSR count). The number of aromatic nitrogens is 1. The lowest BCUT2D eigenvalue weighted by atomic mass is 10.0. The standard InChI is InChI=1S/C28H21N.C6H6/c1-3-9-21(10-4-1)15-17-23-18-20-26-25-13-7-8-14-27(25)29-28(26)24(23)19-16-22-11-5-2-6-12-22;1-2-4-6-5-3-1/h1-20,29H;1-6H. The Bertz CT molecular complexity index is 1530. The quantitative estimate of drug-likeness (QED) is 0.258. The molecule has 0 aliphatic heterocycles. The minimum Gasteiger partial charge on any atom is -0.354 e. The van der Waals surface area contributed by atoms with Crippen molar-refractivity contribution < 1.29 is 0 Å². The van der Waals surface area contributed by atoms with Crippen molar-refractivity contribution in [3.63, 3.8) is 0 Å². The van der Waals surface area contributed by atoms with E-state index in [9.17, 15) is 0 Å². The van der Waals surface area contributed by atoms with Gasteiger partial charge in [0.15, 0.2) is 0 Å². The molecule has 0 aliphatic carbocycles. The number of hydrogen-bond donors (Lipinski definition) is 1. The summed E-state index contributed by atoms with van der Waals surface area (Å²) in [5, 5.41) is 2.51. The number of H-pyrrole nitrogens is 1. The van der Waals surface area contributed by atoms with Crippen LogP contribution in [0.3, 0.4) is 0 Å². The molecule has 0 radical (unpaired) electrons. The molecule has 0 unspecified atom stereocenters. The maximum absolute atomic E-state index is 3.64. The molecule has 0 saturated heterocycles. The average Bonchev–Trinajstić information content (AvgIpc) is 3.32. The van der Waals surface area contributed by atoms with Crippen LogP contribution in [0.25, 0.3) is 46.1 Å². The molecule has 5 aromatic carbocycles. The maximum Gasteiger partial charge on any atom is 0.0544 e. The minimum absolute atomic E-state index is 1.17. The number of nitrogens with one attached hydrogen (secondary N) is 1. The van der Waals surface area contributed by atoms with Crippen LogP contribution in [0, 0.1) is 0 Å². The fourth-order valence-corrected chi connectivity index (χ4v) is 4.16. The van der Waals surface area contributed by atoms with Crippen LogP contribution in [-0.4, -0.2) is 4.98 Å². The van der Waals surface area contributed by atoms with Crippen LogP contribution in [0.4, 0.5) is 0 Å².